The molecule has 3 aromatic rings. The van der Waals surface area contributed by atoms with Gasteiger partial charge >= 0.3 is 0 Å². The second kappa shape index (κ2) is 7.30. The fourth-order valence-electron chi connectivity index (χ4n) is 2.10. The van der Waals surface area contributed by atoms with E-state index in [0.29, 0.717) is 10.0 Å². The van der Waals surface area contributed by atoms with Crippen molar-refractivity contribution in [1.29, 1.82) is 0 Å². The van der Waals surface area contributed by atoms with Crippen molar-refractivity contribution in [3.05, 3.63) is 74.1 Å². The van der Waals surface area contributed by atoms with Crippen LogP contribution in [-0.2, 0) is 0 Å². The number of hydrogen-bond donors (Lipinski definition) is 0. The van der Waals surface area contributed by atoms with Crippen molar-refractivity contribution in [3.8, 4) is 11.3 Å². The number of halogens is 3. The average molecular weight is 380 g/mol. The molecule has 0 saturated carbocycles. The van der Waals surface area contributed by atoms with Crippen LogP contribution in [0.25, 0.3) is 11.3 Å². The lowest BCUT2D eigenvalue weighted by Gasteiger charge is -2.03. The van der Waals surface area contributed by atoms with E-state index in [1.54, 1.807) is 42.2 Å². The zero-order valence-corrected chi connectivity index (χ0v) is 14.9. The summed E-state index contributed by atoms with van der Waals surface area (Å²) in [6.07, 6.45) is 1.68. The molecule has 0 aliphatic rings. The first-order valence-electron chi connectivity index (χ1n) is 6.97. The lowest BCUT2D eigenvalue weighted by molar-refractivity contribution is 0.628. The number of hydrogen-bond acceptors (Lipinski definition) is 3. The van der Waals surface area contributed by atoms with Gasteiger partial charge in [-0.05, 0) is 42.0 Å². The van der Waals surface area contributed by atoms with E-state index < -0.39 is 0 Å². The Kier molecular flexibility index (Phi) is 5.14. The highest BCUT2D eigenvalue weighted by Crippen LogP contribution is 2.23. The first-order chi connectivity index (χ1) is 11.6. The van der Waals surface area contributed by atoms with Crippen LogP contribution in [0, 0.1) is 5.82 Å². The number of nitrogens with zero attached hydrogens (tertiary/aromatic N) is 3. The molecule has 3 rings (SSSR count). The molecule has 0 fully saturated rings. The molecule has 0 N–H and O–H groups in total. The Balaban J connectivity index is 2.03. The number of aromatic nitrogens is 1. The van der Waals surface area contributed by atoms with E-state index >= 15 is 0 Å². The van der Waals surface area contributed by atoms with Gasteiger partial charge in [0.1, 0.15) is 5.82 Å². The fraction of sp³-hybridized carbons (Fsp3) is 0.0588. The van der Waals surface area contributed by atoms with Crippen molar-refractivity contribution in [1.82, 2.24) is 4.68 Å². The zero-order chi connectivity index (χ0) is 17.1. The molecular formula is C17H12Cl2FN3S. The van der Waals surface area contributed by atoms with Gasteiger partial charge in [-0.25, -0.2) is 9.07 Å². The Bertz CT molecular complexity index is 959. The van der Waals surface area contributed by atoms with E-state index in [2.05, 4.69) is 10.1 Å². The van der Waals surface area contributed by atoms with E-state index in [1.165, 1.54) is 23.5 Å². The van der Waals surface area contributed by atoms with E-state index in [0.717, 1.165) is 21.6 Å². The maximum absolute atomic E-state index is 13.1. The third-order valence-corrected chi connectivity index (χ3v) is 4.93. The van der Waals surface area contributed by atoms with E-state index in [1.807, 2.05) is 11.4 Å². The second-order valence-corrected chi connectivity index (χ2v) is 6.51. The van der Waals surface area contributed by atoms with E-state index in [4.69, 9.17) is 23.2 Å². The zero-order valence-electron chi connectivity index (χ0n) is 12.6. The molecule has 0 saturated heterocycles. The van der Waals surface area contributed by atoms with Crippen LogP contribution in [0.4, 0.5) is 4.39 Å². The largest absolute Gasteiger partial charge is 0.261 e. The maximum Gasteiger partial charge on any atom is 0.205 e. The van der Waals surface area contributed by atoms with Crippen LogP contribution in [0.15, 0.2) is 57.9 Å². The molecule has 1 heterocycles. The Morgan fingerprint density at radius 3 is 2.50 bits per heavy atom. The standard InChI is InChI=1S/C17H12Cl2FN3S/c1-21-17-23(22-9-11-2-7-14(18)15(19)8-11)16(10-24-17)12-3-5-13(20)6-4-12/h2-10H,1H3/b21-17?,22-9+. The van der Waals surface area contributed by atoms with Crippen molar-refractivity contribution < 1.29 is 4.39 Å². The summed E-state index contributed by atoms with van der Waals surface area (Å²) in [4.78, 5) is 4.95. The second-order valence-electron chi connectivity index (χ2n) is 4.86. The summed E-state index contributed by atoms with van der Waals surface area (Å²) in [7, 11) is 1.70. The third kappa shape index (κ3) is 3.59. The van der Waals surface area contributed by atoms with E-state index in [9.17, 15) is 4.39 Å². The van der Waals surface area contributed by atoms with Gasteiger partial charge < -0.3 is 0 Å². The molecule has 0 aliphatic heterocycles. The van der Waals surface area contributed by atoms with Crippen molar-refractivity contribution in [3.63, 3.8) is 0 Å². The van der Waals surface area contributed by atoms with Crippen LogP contribution < -0.4 is 4.80 Å². The normalized spacial score (nSPS) is 12.2. The maximum atomic E-state index is 13.1. The summed E-state index contributed by atoms with van der Waals surface area (Å²) in [6.45, 7) is 0. The van der Waals surface area contributed by atoms with Crippen LogP contribution >= 0.6 is 34.5 Å². The highest BCUT2D eigenvalue weighted by Gasteiger charge is 2.07. The molecule has 3 nitrogen and oxygen atoms in total. The van der Waals surface area contributed by atoms with Gasteiger partial charge in [0.05, 0.1) is 22.0 Å². The predicted molar refractivity (Wildman–Crippen MR) is 98.6 cm³/mol. The fourth-order valence-corrected chi connectivity index (χ4v) is 3.21. The van der Waals surface area contributed by atoms with Crippen molar-refractivity contribution in [2.45, 2.75) is 0 Å². The van der Waals surface area contributed by atoms with Crippen LogP contribution in [0.1, 0.15) is 5.56 Å². The molecular weight excluding hydrogens is 368 g/mol. The number of thiazole rings is 1. The first-order valence-corrected chi connectivity index (χ1v) is 8.61. The molecule has 7 heteroatoms. The summed E-state index contributed by atoms with van der Waals surface area (Å²) >= 11 is 13.4. The van der Waals surface area contributed by atoms with E-state index in [-0.39, 0.29) is 5.82 Å². The Hall–Kier alpha value is -1.95. The smallest absolute Gasteiger partial charge is 0.205 e. The Labute approximate surface area is 152 Å². The molecule has 0 spiro atoms. The topological polar surface area (TPSA) is 29.6 Å². The number of benzene rings is 2. The van der Waals surface area contributed by atoms with Crippen molar-refractivity contribution in [2.75, 3.05) is 7.05 Å². The summed E-state index contributed by atoms with van der Waals surface area (Å²) < 4.78 is 14.8. The molecule has 0 bridgehead atoms. The lowest BCUT2D eigenvalue weighted by Crippen LogP contribution is -2.11. The van der Waals surface area contributed by atoms with Gasteiger partial charge in [0.25, 0.3) is 0 Å². The van der Waals surface area contributed by atoms with Gasteiger partial charge in [-0.1, -0.05) is 29.3 Å². The molecule has 1 aromatic heterocycles. The lowest BCUT2D eigenvalue weighted by atomic mass is 10.2. The summed E-state index contributed by atoms with van der Waals surface area (Å²) in [5.41, 5.74) is 2.50. The molecule has 24 heavy (non-hydrogen) atoms. The molecule has 122 valence electrons. The molecule has 0 amide bonds. The average Bonchev–Trinajstić information content (AvgIpc) is 2.99. The highest BCUT2D eigenvalue weighted by molar-refractivity contribution is 7.07. The molecule has 0 radical (unpaired) electrons. The molecule has 0 unspecified atom stereocenters. The third-order valence-electron chi connectivity index (χ3n) is 3.28. The van der Waals surface area contributed by atoms with Gasteiger partial charge in [0.2, 0.25) is 4.80 Å². The minimum absolute atomic E-state index is 0.278. The molecule has 2 aromatic carbocycles. The van der Waals surface area contributed by atoms with Crippen molar-refractivity contribution in [2.24, 2.45) is 10.1 Å². The minimum atomic E-state index is -0.278. The van der Waals surface area contributed by atoms with Crippen LogP contribution in [0.2, 0.25) is 10.0 Å². The monoisotopic (exact) mass is 379 g/mol. The van der Waals surface area contributed by atoms with Crippen LogP contribution in [-0.4, -0.2) is 17.9 Å². The Morgan fingerprint density at radius 2 is 1.83 bits per heavy atom. The van der Waals surface area contributed by atoms with Gasteiger partial charge in [0.15, 0.2) is 0 Å². The SMILES string of the molecule is CN=c1scc(-c2ccc(F)cc2)n1/N=C/c1ccc(Cl)c(Cl)c1. The van der Waals surface area contributed by atoms with Gasteiger partial charge in [-0.3, -0.25) is 4.99 Å². The van der Waals surface area contributed by atoms with Gasteiger partial charge in [0, 0.05) is 18.0 Å². The first kappa shape index (κ1) is 16.9. The summed E-state index contributed by atoms with van der Waals surface area (Å²) in [5, 5.41) is 7.38. The number of rotatable bonds is 3. The van der Waals surface area contributed by atoms with Gasteiger partial charge in [-0.15, -0.1) is 11.3 Å². The van der Waals surface area contributed by atoms with Gasteiger partial charge in [-0.2, -0.15) is 5.10 Å². The van der Waals surface area contributed by atoms with Crippen LogP contribution in [0.5, 0.6) is 0 Å². The summed E-state index contributed by atoms with van der Waals surface area (Å²) in [6, 6.07) is 11.5. The quantitative estimate of drug-likeness (QED) is 0.568. The Morgan fingerprint density at radius 1 is 1.08 bits per heavy atom. The minimum Gasteiger partial charge on any atom is -0.261 e. The predicted octanol–water partition coefficient (Wildman–Crippen LogP) is 5.08. The summed E-state index contributed by atoms with van der Waals surface area (Å²) in [5.74, 6) is -0.278. The van der Waals surface area contributed by atoms with Crippen LogP contribution in [0.3, 0.4) is 0 Å². The molecule has 0 atom stereocenters. The molecule has 0 aliphatic carbocycles. The van der Waals surface area contributed by atoms with Crippen molar-refractivity contribution >= 4 is 40.8 Å². The highest BCUT2D eigenvalue weighted by atomic mass is 35.5.